The number of carbonyl (C=O) groups is 1. The highest BCUT2D eigenvalue weighted by Gasteiger charge is 2.12. The molecule has 1 aliphatic heterocycles. The maximum atomic E-state index is 10.6. The maximum absolute atomic E-state index is 10.6. The zero-order chi connectivity index (χ0) is 5.98. The van der Waals surface area contributed by atoms with Gasteiger partial charge in [-0.15, -0.1) is 11.8 Å². The normalized spacial score (nSPS) is 21.5. The summed E-state index contributed by atoms with van der Waals surface area (Å²) in [6.07, 6.45) is 1.24. The number of rotatable bonds is 0. The van der Waals surface area contributed by atoms with Gasteiger partial charge in [-0.25, -0.2) is 0 Å². The van der Waals surface area contributed by atoms with Gasteiger partial charge >= 0.3 is 0 Å². The molecule has 1 rings (SSSR count). The average molecular weight is 146 g/mol. The van der Waals surface area contributed by atoms with Gasteiger partial charge in [0.05, 0.1) is 4.20 Å². The minimum absolute atomic E-state index is 0.300. The molecule has 44 valence electrons. The van der Waals surface area contributed by atoms with Gasteiger partial charge < -0.3 is 0 Å². The summed E-state index contributed by atoms with van der Waals surface area (Å²) in [6.45, 7) is 0. The van der Waals surface area contributed by atoms with Crippen molar-refractivity contribution < 1.29 is 4.79 Å². The van der Waals surface area contributed by atoms with Crippen LogP contribution in [0.4, 0.5) is 0 Å². The van der Waals surface area contributed by atoms with Crippen molar-refractivity contribution in [1.82, 2.24) is 0 Å². The topological polar surface area (TPSA) is 17.1 Å². The zero-order valence-electron chi connectivity index (χ0n) is 4.35. The minimum atomic E-state index is 0.300. The third-order valence-corrected chi connectivity index (χ3v) is 2.36. The first-order chi connectivity index (χ1) is 3.79. The summed E-state index contributed by atoms with van der Waals surface area (Å²) in [4.78, 5) is 10.6. The first-order valence-corrected chi connectivity index (χ1v) is 3.86. The predicted octanol–water partition coefficient (Wildman–Crippen LogP) is 1.41. The molecule has 0 aromatic heterocycles. The molecule has 0 aromatic rings. The van der Waals surface area contributed by atoms with Gasteiger partial charge in [-0.2, -0.15) is 0 Å². The van der Waals surface area contributed by atoms with Gasteiger partial charge in [-0.05, 0) is 0 Å². The van der Waals surface area contributed by atoms with Crippen molar-refractivity contribution in [3.63, 3.8) is 0 Å². The Morgan fingerprint density at radius 2 is 2.38 bits per heavy atom. The second-order valence-electron chi connectivity index (χ2n) is 1.69. The molecule has 0 spiro atoms. The lowest BCUT2D eigenvalue weighted by Gasteiger charge is -2.07. The molecule has 8 heavy (non-hydrogen) atoms. The van der Waals surface area contributed by atoms with E-state index in [1.807, 2.05) is 0 Å². The standard InChI is InChI=1S/C5H6OS2/c6-4-1-2-8-5(7)3-4/h1-3H2. The molecule has 1 heterocycles. The molecule has 0 saturated carbocycles. The van der Waals surface area contributed by atoms with Crippen LogP contribution in [0.2, 0.25) is 0 Å². The van der Waals surface area contributed by atoms with Gasteiger partial charge in [-0.3, -0.25) is 4.79 Å². The van der Waals surface area contributed by atoms with E-state index in [0.717, 1.165) is 9.95 Å². The van der Waals surface area contributed by atoms with E-state index in [4.69, 9.17) is 12.2 Å². The second-order valence-corrected chi connectivity index (χ2v) is 3.63. The smallest absolute Gasteiger partial charge is 0.139 e. The van der Waals surface area contributed by atoms with E-state index in [0.29, 0.717) is 18.6 Å². The summed E-state index contributed by atoms with van der Waals surface area (Å²) >= 11 is 6.46. The van der Waals surface area contributed by atoms with Crippen LogP contribution in [-0.2, 0) is 4.79 Å². The molecule has 1 nitrogen and oxygen atoms in total. The van der Waals surface area contributed by atoms with Gasteiger partial charge in [0.2, 0.25) is 0 Å². The van der Waals surface area contributed by atoms with Crippen molar-refractivity contribution >= 4 is 34.0 Å². The highest BCUT2D eigenvalue weighted by atomic mass is 32.2. The Bertz CT molecular complexity index is 116. The molecule has 0 atom stereocenters. The molecule has 1 aliphatic rings. The fourth-order valence-corrected chi connectivity index (χ4v) is 1.81. The molecule has 0 aliphatic carbocycles. The average Bonchev–Trinajstić information content (AvgIpc) is 1.64. The summed E-state index contributed by atoms with van der Waals surface area (Å²) in [7, 11) is 0. The van der Waals surface area contributed by atoms with Crippen LogP contribution in [0.5, 0.6) is 0 Å². The van der Waals surface area contributed by atoms with Gasteiger partial charge in [0.25, 0.3) is 0 Å². The third-order valence-electron chi connectivity index (χ3n) is 0.985. The highest BCUT2D eigenvalue weighted by Crippen LogP contribution is 2.16. The van der Waals surface area contributed by atoms with E-state index < -0.39 is 0 Å². The summed E-state index contributed by atoms with van der Waals surface area (Å²) in [5.41, 5.74) is 0. The number of Topliss-reactive ketones (excluding diaryl/α,β-unsaturated/α-hetero) is 1. The van der Waals surface area contributed by atoms with Crippen molar-refractivity contribution in [2.45, 2.75) is 12.8 Å². The number of ketones is 1. The van der Waals surface area contributed by atoms with E-state index in [9.17, 15) is 4.79 Å². The summed E-state index contributed by atoms with van der Waals surface area (Å²) in [6, 6.07) is 0. The van der Waals surface area contributed by atoms with Crippen molar-refractivity contribution in [3.05, 3.63) is 0 Å². The van der Waals surface area contributed by atoms with Crippen LogP contribution in [0.3, 0.4) is 0 Å². The monoisotopic (exact) mass is 146 g/mol. The van der Waals surface area contributed by atoms with Crippen LogP contribution < -0.4 is 0 Å². The van der Waals surface area contributed by atoms with Crippen molar-refractivity contribution in [2.24, 2.45) is 0 Å². The van der Waals surface area contributed by atoms with Crippen LogP contribution in [0, 0.1) is 0 Å². The largest absolute Gasteiger partial charge is 0.299 e. The quantitative estimate of drug-likeness (QED) is 0.481. The van der Waals surface area contributed by atoms with E-state index >= 15 is 0 Å². The Morgan fingerprint density at radius 1 is 1.62 bits per heavy atom. The Hall–Kier alpha value is 0.110. The molecule has 0 unspecified atom stereocenters. The van der Waals surface area contributed by atoms with E-state index in [1.165, 1.54) is 0 Å². The SMILES string of the molecule is O=C1CCSC(=S)C1. The Balaban J connectivity index is 2.45. The molecular weight excluding hydrogens is 140 g/mol. The number of carbonyl (C=O) groups excluding carboxylic acids is 1. The second kappa shape index (κ2) is 2.60. The molecular formula is C5H6OS2. The Labute approximate surface area is 57.8 Å². The summed E-state index contributed by atoms with van der Waals surface area (Å²) < 4.78 is 0.862. The zero-order valence-corrected chi connectivity index (χ0v) is 5.98. The van der Waals surface area contributed by atoms with Gasteiger partial charge in [0.1, 0.15) is 5.78 Å². The first kappa shape index (κ1) is 6.23. The van der Waals surface area contributed by atoms with Gasteiger partial charge in [0.15, 0.2) is 0 Å². The fourth-order valence-electron chi connectivity index (χ4n) is 0.579. The van der Waals surface area contributed by atoms with Crippen LogP contribution in [0.25, 0.3) is 0 Å². The number of hydrogen-bond acceptors (Lipinski definition) is 3. The molecule has 0 radical (unpaired) electrons. The van der Waals surface area contributed by atoms with Crippen LogP contribution >= 0.6 is 24.0 Å². The molecule has 0 amide bonds. The van der Waals surface area contributed by atoms with Crippen molar-refractivity contribution in [2.75, 3.05) is 5.75 Å². The van der Waals surface area contributed by atoms with Gasteiger partial charge in [-0.1, -0.05) is 12.2 Å². The van der Waals surface area contributed by atoms with E-state index in [2.05, 4.69) is 0 Å². The summed E-state index contributed by atoms with van der Waals surface area (Å²) in [5.74, 6) is 1.20. The van der Waals surface area contributed by atoms with E-state index in [-0.39, 0.29) is 0 Å². The minimum Gasteiger partial charge on any atom is -0.299 e. The third kappa shape index (κ3) is 1.56. The van der Waals surface area contributed by atoms with E-state index in [1.54, 1.807) is 11.8 Å². The number of thioether (sulfide) groups is 1. The number of thiocarbonyl (C=S) groups is 1. The van der Waals surface area contributed by atoms with Crippen LogP contribution in [-0.4, -0.2) is 15.7 Å². The lowest BCUT2D eigenvalue weighted by Crippen LogP contribution is -2.10. The van der Waals surface area contributed by atoms with Crippen LogP contribution in [0.1, 0.15) is 12.8 Å². The Kier molecular flexibility index (Phi) is 2.02. The van der Waals surface area contributed by atoms with Gasteiger partial charge in [0, 0.05) is 18.6 Å². The molecule has 3 heteroatoms. The molecule has 0 N–H and O–H groups in total. The lowest BCUT2D eigenvalue weighted by molar-refractivity contribution is -0.117. The fraction of sp³-hybridized carbons (Fsp3) is 0.600. The maximum Gasteiger partial charge on any atom is 0.139 e. The lowest BCUT2D eigenvalue weighted by atomic mass is 10.2. The molecule has 1 fully saturated rings. The highest BCUT2D eigenvalue weighted by molar-refractivity contribution is 8.23. The molecule has 0 aromatic carbocycles. The predicted molar refractivity (Wildman–Crippen MR) is 39.3 cm³/mol. The molecule has 1 saturated heterocycles. The number of hydrogen-bond donors (Lipinski definition) is 0. The molecule has 0 bridgehead atoms. The van der Waals surface area contributed by atoms with Crippen molar-refractivity contribution in [1.29, 1.82) is 0 Å². The van der Waals surface area contributed by atoms with Crippen LogP contribution in [0.15, 0.2) is 0 Å². The Morgan fingerprint density at radius 3 is 2.75 bits per heavy atom. The summed E-state index contributed by atoms with van der Waals surface area (Å²) in [5, 5.41) is 0. The first-order valence-electron chi connectivity index (χ1n) is 2.46. The van der Waals surface area contributed by atoms with Crippen molar-refractivity contribution in [3.8, 4) is 0 Å².